The van der Waals surface area contributed by atoms with Gasteiger partial charge in [-0.15, -0.1) is 0 Å². The lowest BCUT2D eigenvalue weighted by atomic mass is 9.75. The summed E-state index contributed by atoms with van der Waals surface area (Å²) in [7, 11) is 4.01. The van der Waals surface area contributed by atoms with Crippen LogP contribution in [-0.2, 0) is 18.4 Å². The lowest BCUT2D eigenvalue weighted by molar-refractivity contribution is -0.0769. The molecule has 2 aromatic rings. The predicted molar refractivity (Wildman–Crippen MR) is 101 cm³/mol. The van der Waals surface area contributed by atoms with Crippen LogP contribution in [0.3, 0.4) is 0 Å². The third kappa shape index (κ3) is 3.75. The number of likely N-dealkylation sites (tertiary alicyclic amines) is 2. The minimum absolute atomic E-state index is 0.0330. The average Bonchev–Trinajstić information content (AvgIpc) is 3.08. The maximum absolute atomic E-state index is 12.6. The highest BCUT2D eigenvalue weighted by atomic mass is 16.5. The Kier molecular flexibility index (Phi) is 4.97. The molecular formula is C20H27N5O2. The molecule has 0 radical (unpaired) electrons. The third-order valence-corrected chi connectivity index (χ3v) is 5.91. The van der Waals surface area contributed by atoms with Gasteiger partial charge in [-0.05, 0) is 56.1 Å². The zero-order valence-corrected chi connectivity index (χ0v) is 16.0. The van der Waals surface area contributed by atoms with Gasteiger partial charge in [0.05, 0.1) is 12.1 Å². The fourth-order valence-electron chi connectivity index (χ4n) is 4.24. The van der Waals surface area contributed by atoms with E-state index >= 15 is 0 Å². The van der Waals surface area contributed by atoms with Crippen LogP contribution in [0.4, 0.5) is 0 Å². The van der Waals surface area contributed by atoms with E-state index in [4.69, 9.17) is 4.74 Å². The summed E-state index contributed by atoms with van der Waals surface area (Å²) in [5.74, 6) is 0.570. The highest BCUT2D eigenvalue weighted by molar-refractivity contribution is 5.93. The molecule has 144 valence electrons. The van der Waals surface area contributed by atoms with E-state index < -0.39 is 0 Å². The molecule has 27 heavy (non-hydrogen) atoms. The summed E-state index contributed by atoms with van der Waals surface area (Å²) in [4.78, 5) is 21.0. The smallest absolute Gasteiger partial charge is 0.274 e. The minimum Gasteiger partial charge on any atom is -0.376 e. The third-order valence-electron chi connectivity index (χ3n) is 5.91. The molecule has 2 aliphatic rings. The fourth-order valence-corrected chi connectivity index (χ4v) is 4.24. The van der Waals surface area contributed by atoms with E-state index in [0.29, 0.717) is 18.2 Å². The molecule has 1 amide bonds. The number of ether oxygens (including phenoxy) is 1. The Bertz CT molecular complexity index is 785. The number of carbonyl (C=O) groups is 1. The molecule has 0 aromatic carbocycles. The molecule has 2 aromatic heterocycles. The van der Waals surface area contributed by atoms with Crippen LogP contribution in [-0.4, -0.2) is 69.3 Å². The number of piperidine rings is 1. The Morgan fingerprint density at radius 2 is 2.04 bits per heavy atom. The molecule has 1 atom stereocenters. The van der Waals surface area contributed by atoms with Crippen molar-refractivity contribution in [3.8, 4) is 0 Å². The summed E-state index contributed by atoms with van der Waals surface area (Å²) < 4.78 is 7.64. The first kappa shape index (κ1) is 18.1. The second-order valence-corrected chi connectivity index (χ2v) is 7.91. The molecule has 1 spiro atoms. The first-order valence-corrected chi connectivity index (χ1v) is 9.52. The maximum Gasteiger partial charge on any atom is 0.274 e. The number of aromatic nitrogens is 3. The number of aryl methyl sites for hydroxylation is 1. The van der Waals surface area contributed by atoms with Gasteiger partial charge in [0.2, 0.25) is 0 Å². The lowest BCUT2D eigenvalue weighted by Crippen LogP contribution is -2.72. The second-order valence-electron chi connectivity index (χ2n) is 7.91. The van der Waals surface area contributed by atoms with E-state index in [-0.39, 0.29) is 11.4 Å². The molecule has 0 aliphatic carbocycles. The quantitative estimate of drug-likeness (QED) is 0.801. The van der Waals surface area contributed by atoms with Crippen molar-refractivity contribution in [2.75, 3.05) is 33.3 Å². The normalized spacial score (nSPS) is 22.0. The van der Waals surface area contributed by atoms with Crippen LogP contribution in [0.5, 0.6) is 0 Å². The van der Waals surface area contributed by atoms with Crippen LogP contribution >= 0.6 is 0 Å². The van der Waals surface area contributed by atoms with Crippen molar-refractivity contribution in [3.63, 3.8) is 0 Å². The summed E-state index contributed by atoms with van der Waals surface area (Å²) in [6.45, 7) is 4.01. The van der Waals surface area contributed by atoms with Crippen LogP contribution in [0, 0.1) is 5.92 Å². The number of amides is 1. The van der Waals surface area contributed by atoms with Gasteiger partial charge in [0.25, 0.3) is 5.91 Å². The number of rotatable bonds is 5. The van der Waals surface area contributed by atoms with Gasteiger partial charge in [-0.3, -0.25) is 19.4 Å². The summed E-state index contributed by atoms with van der Waals surface area (Å²) in [6.07, 6.45) is 7.62. The molecule has 0 bridgehead atoms. The maximum atomic E-state index is 12.6. The van der Waals surface area contributed by atoms with Gasteiger partial charge in [0, 0.05) is 45.3 Å². The number of carbonyl (C=O) groups excluding carboxylic acids is 1. The molecular weight excluding hydrogens is 342 g/mol. The first-order chi connectivity index (χ1) is 13.1. The standard InChI is InChI=1S/C20H27N5O2/c1-23-9-5-17(13-27-12-16-3-7-21-8-4-16)11-20(23)14-25(15-20)19(26)18-6-10-24(2)22-18/h3-4,6-8,10,17H,5,9,11-15H2,1-2H3. The Labute approximate surface area is 159 Å². The molecule has 4 heterocycles. The van der Waals surface area contributed by atoms with Gasteiger partial charge in [0.15, 0.2) is 0 Å². The van der Waals surface area contributed by atoms with E-state index in [0.717, 1.165) is 44.6 Å². The molecule has 2 aliphatic heterocycles. The van der Waals surface area contributed by atoms with E-state index in [1.54, 1.807) is 23.1 Å². The van der Waals surface area contributed by atoms with Gasteiger partial charge >= 0.3 is 0 Å². The molecule has 4 rings (SSSR count). The number of hydrogen-bond donors (Lipinski definition) is 0. The molecule has 7 heteroatoms. The molecule has 0 saturated carbocycles. The van der Waals surface area contributed by atoms with Gasteiger partial charge in [0.1, 0.15) is 5.69 Å². The van der Waals surface area contributed by atoms with Crippen molar-refractivity contribution in [2.45, 2.75) is 25.0 Å². The van der Waals surface area contributed by atoms with Crippen LogP contribution in [0.2, 0.25) is 0 Å². The van der Waals surface area contributed by atoms with E-state index in [1.165, 1.54) is 0 Å². The summed E-state index contributed by atoms with van der Waals surface area (Å²) >= 11 is 0. The molecule has 2 fully saturated rings. The summed E-state index contributed by atoms with van der Waals surface area (Å²) in [6, 6.07) is 5.76. The molecule has 2 saturated heterocycles. The first-order valence-electron chi connectivity index (χ1n) is 9.52. The zero-order chi connectivity index (χ0) is 18.9. The minimum atomic E-state index is 0.0330. The highest BCUT2D eigenvalue weighted by Crippen LogP contribution is 2.38. The summed E-state index contributed by atoms with van der Waals surface area (Å²) in [5, 5.41) is 4.24. The molecule has 1 unspecified atom stereocenters. The fraction of sp³-hybridized carbons (Fsp3) is 0.550. The second kappa shape index (κ2) is 7.40. The topological polar surface area (TPSA) is 63.5 Å². The van der Waals surface area contributed by atoms with E-state index in [1.807, 2.05) is 30.3 Å². The molecule has 7 nitrogen and oxygen atoms in total. The Morgan fingerprint density at radius 1 is 1.26 bits per heavy atom. The lowest BCUT2D eigenvalue weighted by Gasteiger charge is -2.58. The summed E-state index contributed by atoms with van der Waals surface area (Å²) in [5.41, 5.74) is 1.78. The number of nitrogens with zero attached hydrogens (tertiary/aromatic N) is 5. The largest absolute Gasteiger partial charge is 0.376 e. The van der Waals surface area contributed by atoms with Crippen molar-refractivity contribution in [3.05, 3.63) is 48.0 Å². The Balaban J connectivity index is 1.30. The highest BCUT2D eigenvalue weighted by Gasteiger charge is 2.51. The number of likely N-dealkylation sites (N-methyl/N-ethyl adjacent to an activating group) is 1. The Morgan fingerprint density at radius 3 is 2.74 bits per heavy atom. The van der Waals surface area contributed by atoms with Crippen molar-refractivity contribution in [1.82, 2.24) is 24.6 Å². The van der Waals surface area contributed by atoms with Crippen molar-refractivity contribution in [2.24, 2.45) is 13.0 Å². The Hall–Kier alpha value is -2.25. The zero-order valence-electron chi connectivity index (χ0n) is 16.0. The van der Waals surface area contributed by atoms with Crippen LogP contribution < -0.4 is 0 Å². The average molecular weight is 369 g/mol. The van der Waals surface area contributed by atoms with E-state index in [2.05, 4.69) is 22.0 Å². The SMILES string of the molecule is CN1CCC(COCc2ccncc2)CC12CN(C(=O)c1ccn(C)n1)C2. The predicted octanol–water partition coefficient (Wildman–Crippen LogP) is 1.57. The van der Waals surface area contributed by atoms with Crippen LogP contribution in [0.15, 0.2) is 36.8 Å². The van der Waals surface area contributed by atoms with Gasteiger partial charge in [-0.2, -0.15) is 5.10 Å². The van der Waals surface area contributed by atoms with Crippen molar-refractivity contribution in [1.29, 1.82) is 0 Å². The van der Waals surface area contributed by atoms with Crippen LogP contribution in [0.1, 0.15) is 28.9 Å². The van der Waals surface area contributed by atoms with Crippen molar-refractivity contribution >= 4 is 5.91 Å². The van der Waals surface area contributed by atoms with Crippen molar-refractivity contribution < 1.29 is 9.53 Å². The van der Waals surface area contributed by atoms with Crippen LogP contribution in [0.25, 0.3) is 0 Å². The number of hydrogen-bond acceptors (Lipinski definition) is 5. The van der Waals surface area contributed by atoms with Gasteiger partial charge < -0.3 is 9.64 Å². The van der Waals surface area contributed by atoms with Gasteiger partial charge in [-0.25, -0.2) is 0 Å². The van der Waals surface area contributed by atoms with E-state index in [9.17, 15) is 4.79 Å². The monoisotopic (exact) mass is 369 g/mol. The molecule has 0 N–H and O–H groups in total. The number of pyridine rings is 1. The van der Waals surface area contributed by atoms with Gasteiger partial charge in [-0.1, -0.05) is 0 Å².